The zero-order chi connectivity index (χ0) is 14.8. The number of hydrogen-bond acceptors (Lipinski definition) is 3. The van der Waals surface area contributed by atoms with Crippen molar-refractivity contribution < 1.29 is 4.79 Å². The van der Waals surface area contributed by atoms with Crippen LogP contribution in [0.5, 0.6) is 0 Å². The fourth-order valence-corrected chi connectivity index (χ4v) is 2.01. The first-order valence-electron chi connectivity index (χ1n) is 6.59. The van der Waals surface area contributed by atoms with E-state index in [1.54, 1.807) is 13.0 Å². The third-order valence-corrected chi connectivity index (χ3v) is 3.43. The summed E-state index contributed by atoms with van der Waals surface area (Å²) in [5.41, 5.74) is 1.27. The molecule has 4 heteroatoms. The summed E-state index contributed by atoms with van der Waals surface area (Å²) in [7, 11) is 0. The van der Waals surface area contributed by atoms with Crippen LogP contribution < -0.4 is 5.32 Å². The van der Waals surface area contributed by atoms with Gasteiger partial charge < -0.3 is 5.32 Å². The van der Waals surface area contributed by atoms with Crippen LogP contribution in [0.2, 0.25) is 0 Å². The average molecular weight is 267 g/mol. The van der Waals surface area contributed by atoms with Gasteiger partial charge in [-0.15, -0.1) is 0 Å². The van der Waals surface area contributed by atoms with Gasteiger partial charge in [-0.2, -0.15) is 5.26 Å². The Balaban J connectivity index is 2.48. The molecule has 102 valence electrons. The van der Waals surface area contributed by atoms with Gasteiger partial charge in [0.15, 0.2) is 0 Å². The Kier molecular flexibility index (Phi) is 3.71. The summed E-state index contributed by atoms with van der Waals surface area (Å²) in [5, 5.41) is 12.8. The van der Waals surface area contributed by atoms with Crippen molar-refractivity contribution in [2.75, 3.05) is 0 Å². The number of benzene rings is 1. The summed E-state index contributed by atoms with van der Waals surface area (Å²) in [4.78, 5) is 16.9. The Labute approximate surface area is 118 Å². The molecule has 0 aliphatic rings. The van der Waals surface area contributed by atoms with E-state index < -0.39 is 5.54 Å². The second-order valence-electron chi connectivity index (χ2n) is 5.08. The van der Waals surface area contributed by atoms with Gasteiger partial charge in [-0.25, -0.2) is 0 Å². The number of nitrogens with one attached hydrogen (secondary N) is 1. The molecule has 0 aliphatic carbocycles. The number of hydrogen-bond donors (Lipinski definition) is 1. The molecular formula is C16H17N3O. The molecule has 1 heterocycles. The summed E-state index contributed by atoms with van der Waals surface area (Å²) in [6.07, 6.45) is 0.553. The summed E-state index contributed by atoms with van der Waals surface area (Å²) in [6, 6.07) is 11.4. The number of fused-ring (bicyclic) bond motifs is 1. The molecule has 1 aromatic carbocycles. The summed E-state index contributed by atoms with van der Waals surface area (Å²) < 4.78 is 0. The predicted molar refractivity (Wildman–Crippen MR) is 78.3 cm³/mol. The number of aryl methyl sites for hydroxylation is 1. The number of aromatic nitrogens is 1. The van der Waals surface area contributed by atoms with Crippen LogP contribution in [0.1, 0.15) is 36.3 Å². The molecule has 1 amide bonds. The quantitative estimate of drug-likeness (QED) is 0.929. The molecule has 1 aromatic heterocycles. The third kappa shape index (κ3) is 2.62. The van der Waals surface area contributed by atoms with Gasteiger partial charge in [0.1, 0.15) is 5.54 Å². The van der Waals surface area contributed by atoms with Crippen molar-refractivity contribution in [3.8, 4) is 6.07 Å². The number of rotatable bonds is 3. The molecule has 0 saturated carbocycles. The van der Waals surface area contributed by atoms with Gasteiger partial charge in [0, 0.05) is 11.1 Å². The first-order chi connectivity index (χ1) is 9.49. The number of carbonyl (C=O) groups is 1. The molecule has 1 N–H and O–H groups in total. The molecule has 4 nitrogen and oxygen atoms in total. The lowest BCUT2D eigenvalue weighted by Crippen LogP contribution is -2.44. The van der Waals surface area contributed by atoms with Gasteiger partial charge in [0.2, 0.25) is 0 Å². The van der Waals surface area contributed by atoms with Crippen molar-refractivity contribution in [3.63, 3.8) is 0 Å². The van der Waals surface area contributed by atoms with E-state index in [1.165, 1.54) is 0 Å². The topological polar surface area (TPSA) is 65.8 Å². The van der Waals surface area contributed by atoms with Gasteiger partial charge in [-0.3, -0.25) is 9.78 Å². The minimum Gasteiger partial charge on any atom is -0.334 e. The van der Waals surface area contributed by atoms with E-state index in [-0.39, 0.29) is 5.91 Å². The highest BCUT2D eigenvalue weighted by Crippen LogP contribution is 2.19. The fraction of sp³-hybridized carbons (Fsp3) is 0.312. The predicted octanol–water partition coefficient (Wildman–Crippen LogP) is 2.97. The lowest BCUT2D eigenvalue weighted by atomic mass is 9.99. The van der Waals surface area contributed by atoms with Crippen molar-refractivity contribution >= 4 is 16.8 Å². The number of carbonyl (C=O) groups excluding carboxylic acids is 1. The van der Waals surface area contributed by atoms with Crippen molar-refractivity contribution in [3.05, 3.63) is 41.6 Å². The molecule has 0 bridgehead atoms. The van der Waals surface area contributed by atoms with E-state index in [1.807, 2.05) is 38.1 Å². The highest BCUT2D eigenvalue weighted by Gasteiger charge is 2.25. The monoisotopic (exact) mass is 267 g/mol. The maximum atomic E-state index is 12.5. The third-order valence-electron chi connectivity index (χ3n) is 3.43. The lowest BCUT2D eigenvalue weighted by molar-refractivity contribution is 0.0924. The standard InChI is InChI=1S/C16H17N3O/c1-4-16(3,10-17)19-15(20)13-9-11(2)18-14-8-6-5-7-12(13)14/h5-9H,4H2,1-3H3,(H,19,20). The summed E-state index contributed by atoms with van der Waals surface area (Å²) in [6.45, 7) is 5.45. The summed E-state index contributed by atoms with van der Waals surface area (Å²) >= 11 is 0. The van der Waals surface area contributed by atoms with Crippen LogP contribution in [0, 0.1) is 18.3 Å². The highest BCUT2D eigenvalue weighted by atomic mass is 16.1. The Morgan fingerprint density at radius 1 is 1.45 bits per heavy atom. The van der Waals surface area contributed by atoms with E-state index in [4.69, 9.17) is 0 Å². The zero-order valence-corrected chi connectivity index (χ0v) is 11.9. The largest absolute Gasteiger partial charge is 0.334 e. The fourth-order valence-electron chi connectivity index (χ4n) is 2.01. The minimum atomic E-state index is -0.852. The molecule has 20 heavy (non-hydrogen) atoms. The molecule has 1 unspecified atom stereocenters. The maximum absolute atomic E-state index is 12.5. The number of amides is 1. The van der Waals surface area contributed by atoms with Gasteiger partial charge in [0.05, 0.1) is 17.1 Å². The Morgan fingerprint density at radius 3 is 2.80 bits per heavy atom. The first kappa shape index (κ1) is 14.0. The second kappa shape index (κ2) is 5.30. The molecule has 0 fully saturated rings. The van der Waals surface area contributed by atoms with E-state index >= 15 is 0 Å². The molecule has 0 aliphatic heterocycles. The first-order valence-corrected chi connectivity index (χ1v) is 6.59. The van der Waals surface area contributed by atoms with E-state index in [9.17, 15) is 10.1 Å². The van der Waals surface area contributed by atoms with Crippen LogP contribution in [0.15, 0.2) is 30.3 Å². The van der Waals surface area contributed by atoms with E-state index in [0.29, 0.717) is 12.0 Å². The molecule has 0 radical (unpaired) electrons. The Morgan fingerprint density at radius 2 is 2.15 bits per heavy atom. The number of pyridine rings is 1. The smallest absolute Gasteiger partial charge is 0.253 e. The van der Waals surface area contributed by atoms with Crippen LogP contribution in [0.4, 0.5) is 0 Å². The van der Waals surface area contributed by atoms with Crippen molar-refractivity contribution in [1.29, 1.82) is 5.26 Å². The molecule has 2 aromatic rings. The molecule has 0 saturated heterocycles. The molecular weight excluding hydrogens is 250 g/mol. The second-order valence-corrected chi connectivity index (χ2v) is 5.08. The number of nitrogens with zero attached hydrogens (tertiary/aromatic N) is 2. The van der Waals surface area contributed by atoms with Crippen LogP contribution in [0.3, 0.4) is 0 Å². The van der Waals surface area contributed by atoms with Gasteiger partial charge >= 0.3 is 0 Å². The van der Waals surface area contributed by atoms with Gasteiger partial charge in [-0.05, 0) is 32.4 Å². The summed E-state index contributed by atoms with van der Waals surface area (Å²) in [5.74, 6) is -0.238. The SMILES string of the molecule is CCC(C)(C#N)NC(=O)c1cc(C)nc2ccccc12. The van der Waals surface area contributed by atoms with Crippen LogP contribution in [0.25, 0.3) is 10.9 Å². The Bertz CT molecular complexity index is 702. The maximum Gasteiger partial charge on any atom is 0.253 e. The van der Waals surface area contributed by atoms with Crippen molar-refractivity contribution in [2.24, 2.45) is 0 Å². The van der Waals surface area contributed by atoms with Crippen molar-refractivity contribution in [1.82, 2.24) is 10.3 Å². The van der Waals surface area contributed by atoms with E-state index in [2.05, 4.69) is 16.4 Å². The number of nitriles is 1. The van der Waals surface area contributed by atoms with E-state index in [0.717, 1.165) is 16.6 Å². The molecule has 2 rings (SSSR count). The average Bonchev–Trinajstić information content (AvgIpc) is 2.46. The Hall–Kier alpha value is -2.41. The lowest BCUT2D eigenvalue weighted by Gasteiger charge is -2.21. The van der Waals surface area contributed by atoms with Crippen LogP contribution >= 0.6 is 0 Å². The van der Waals surface area contributed by atoms with Gasteiger partial charge in [-0.1, -0.05) is 25.1 Å². The minimum absolute atomic E-state index is 0.238. The normalized spacial score (nSPS) is 13.5. The zero-order valence-electron chi connectivity index (χ0n) is 11.9. The van der Waals surface area contributed by atoms with Crippen molar-refractivity contribution in [2.45, 2.75) is 32.7 Å². The van der Waals surface area contributed by atoms with Crippen LogP contribution in [-0.2, 0) is 0 Å². The van der Waals surface area contributed by atoms with Gasteiger partial charge in [0.25, 0.3) is 5.91 Å². The molecule has 0 spiro atoms. The van der Waals surface area contributed by atoms with Crippen LogP contribution in [-0.4, -0.2) is 16.4 Å². The molecule has 1 atom stereocenters. The number of para-hydroxylation sites is 1. The highest BCUT2D eigenvalue weighted by molar-refractivity contribution is 6.06.